The van der Waals surface area contributed by atoms with Crippen LogP contribution >= 0.6 is 0 Å². The van der Waals surface area contributed by atoms with Gasteiger partial charge in [0.25, 0.3) is 0 Å². The molecule has 0 radical (unpaired) electrons. The molecule has 0 unspecified atom stereocenters. The van der Waals surface area contributed by atoms with E-state index < -0.39 is 0 Å². The van der Waals surface area contributed by atoms with Gasteiger partial charge in [-0.05, 0) is 25.1 Å². The van der Waals surface area contributed by atoms with Gasteiger partial charge in [0.2, 0.25) is 0 Å². The summed E-state index contributed by atoms with van der Waals surface area (Å²) in [5.74, 6) is 1.54. The lowest BCUT2D eigenvalue weighted by Gasteiger charge is -2.09. The Morgan fingerprint density at radius 3 is 3.31 bits per heavy atom. The predicted octanol–water partition coefficient (Wildman–Crippen LogP) is 1.07. The van der Waals surface area contributed by atoms with Gasteiger partial charge in [-0.3, -0.25) is 4.98 Å². The molecule has 2 rings (SSSR count). The summed E-state index contributed by atoms with van der Waals surface area (Å²) in [6, 6.07) is 3.83. The third kappa shape index (κ3) is 2.42. The molecule has 1 aromatic rings. The predicted molar refractivity (Wildman–Crippen MR) is 50.7 cm³/mol. The summed E-state index contributed by atoms with van der Waals surface area (Å²) in [6.07, 6.45) is 4.73. The molecule has 70 valence electrons. The number of aromatic nitrogens is 1. The molecule has 0 saturated carbocycles. The van der Waals surface area contributed by atoms with E-state index in [0.29, 0.717) is 5.92 Å². The number of pyridine rings is 1. The van der Waals surface area contributed by atoms with Gasteiger partial charge in [-0.1, -0.05) is 0 Å². The molecule has 0 spiro atoms. The van der Waals surface area contributed by atoms with Crippen LogP contribution in [0.2, 0.25) is 0 Å². The molecule has 0 aromatic carbocycles. The third-order valence-electron chi connectivity index (χ3n) is 2.28. The lowest BCUT2D eigenvalue weighted by atomic mass is 10.1. The Morgan fingerprint density at radius 1 is 1.62 bits per heavy atom. The molecule has 1 saturated heterocycles. The quantitative estimate of drug-likeness (QED) is 0.751. The number of nitrogens with one attached hydrogen (secondary N) is 1. The molecule has 0 amide bonds. The lowest BCUT2D eigenvalue weighted by Crippen LogP contribution is -2.15. The Morgan fingerprint density at radius 2 is 2.62 bits per heavy atom. The van der Waals surface area contributed by atoms with Gasteiger partial charge in [0.1, 0.15) is 5.75 Å². The largest absolute Gasteiger partial charge is 0.492 e. The molecule has 1 N–H and O–H groups in total. The zero-order chi connectivity index (χ0) is 8.93. The fourth-order valence-corrected chi connectivity index (χ4v) is 1.50. The molecule has 0 aliphatic carbocycles. The molecular formula is C10H14N2O. The Hall–Kier alpha value is -1.09. The van der Waals surface area contributed by atoms with Crippen LogP contribution in [-0.4, -0.2) is 24.7 Å². The molecule has 2 heterocycles. The van der Waals surface area contributed by atoms with Crippen LogP contribution < -0.4 is 10.1 Å². The highest BCUT2D eigenvalue weighted by molar-refractivity contribution is 5.15. The van der Waals surface area contributed by atoms with E-state index in [9.17, 15) is 0 Å². The highest BCUT2D eigenvalue weighted by Gasteiger charge is 2.14. The number of nitrogens with zero attached hydrogens (tertiary/aromatic N) is 1. The van der Waals surface area contributed by atoms with E-state index in [2.05, 4.69) is 10.3 Å². The van der Waals surface area contributed by atoms with Gasteiger partial charge in [0.05, 0.1) is 12.8 Å². The lowest BCUT2D eigenvalue weighted by molar-refractivity contribution is 0.259. The van der Waals surface area contributed by atoms with Crippen molar-refractivity contribution in [3.05, 3.63) is 24.5 Å². The van der Waals surface area contributed by atoms with E-state index in [0.717, 1.165) is 25.4 Å². The minimum absolute atomic E-state index is 0.667. The van der Waals surface area contributed by atoms with Crippen molar-refractivity contribution < 1.29 is 4.74 Å². The van der Waals surface area contributed by atoms with Crippen molar-refractivity contribution in [2.45, 2.75) is 6.42 Å². The van der Waals surface area contributed by atoms with Crippen LogP contribution in [0.25, 0.3) is 0 Å². The fourth-order valence-electron chi connectivity index (χ4n) is 1.50. The molecule has 1 aliphatic rings. The first-order valence-corrected chi connectivity index (χ1v) is 4.69. The smallest absolute Gasteiger partial charge is 0.137 e. The molecule has 1 fully saturated rings. The summed E-state index contributed by atoms with van der Waals surface area (Å²) in [5, 5.41) is 3.31. The monoisotopic (exact) mass is 178 g/mol. The number of hydrogen-bond acceptors (Lipinski definition) is 3. The molecule has 3 heteroatoms. The van der Waals surface area contributed by atoms with Gasteiger partial charge in [0, 0.05) is 18.7 Å². The standard InChI is InChI=1S/C10H14N2O/c1-2-10(7-11-4-1)13-8-9-3-5-12-6-9/h1-2,4,7,9,12H,3,5-6,8H2/t9-/m0/s1. The first kappa shape index (κ1) is 8.51. The minimum atomic E-state index is 0.667. The van der Waals surface area contributed by atoms with Gasteiger partial charge in [-0.2, -0.15) is 0 Å². The van der Waals surface area contributed by atoms with Crippen LogP contribution in [0.3, 0.4) is 0 Å². The normalized spacial score (nSPS) is 21.7. The second kappa shape index (κ2) is 4.23. The van der Waals surface area contributed by atoms with E-state index in [1.165, 1.54) is 6.42 Å². The Labute approximate surface area is 78.1 Å². The van der Waals surface area contributed by atoms with Crippen LogP contribution in [-0.2, 0) is 0 Å². The molecule has 1 atom stereocenters. The van der Waals surface area contributed by atoms with Crippen LogP contribution in [0.5, 0.6) is 5.75 Å². The molecule has 1 aliphatic heterocycles. The van der Waals surface area contributed by atoms with Crippen LogP contribution in [0, 0.1) is 5.92 Å². The third-order valence-corrected chi connectivity index (χ3v) is 2.28. The Bertz CT molecular complexity index is 244. The van der Waals surface area contributed by atoms with Crippen LogP contribution in [0.15, 0.2) is 24.5 Å². The molecule has 13 heavy (non-hydrogen) atoms. The summed E-state index contributed by atoms with van der Waals surface area (Å²) in [5.41, 5.74) is 0. The first-order chi connectivity index (χ1) is 6.45. The summed E-state index contributed by atoms with van der Waals surface area (Å²) in [6.45, 7) is 3.01. The zero-order valence-electron chi connectivity index (χ0n) is 7.57. The summed E-state index contributed by atoms with van der Waals surface area (Å²) in [7, 11) is 0. The summed E-state index contributed by atoms with van der Waals surface area (Å²) >= 11 is 0. The van der Waals surface area contributed by atoms with Crippen molar-refractivity contribution in [3.8, 4) is 5.75 Å². The van der Waals surface area contributed by atoms with Gasteiger partial charge in [-0.25, -0.2) is 0 Å². The van der Waals surface area contributed by atoms with Crippen molar-refractivity contribution in [2.24, 2.45) is 5.92 Å². The second-order valence-electron chi connectivity index (χ2n) is 3.36. The van der Waals surface area contributed by atoms with Gasteiger partial charge in [-0.15, -0.1) is 0 Å². The number of hydrogen-bond donors (Lipinski definition) is 1. The highest BCUT2D eigenvalue weighted by Crippen LogP contribution is 2.12. The van der Waals surface area contributed by atoms with Crippen molar-refractivity contribution in [3.63, 3.8) is 0 Å². The fraction of sp³-hybridized carbons (Fsp3) is 0.500. The molecular weight excluding hydrogens is 164 g/mol. The maximum absolute atomic E-state index is 5.59. The first-order valence-electron chi connectivity index (χ1n) is 4.69. The minimum Gasteiger partial charge on any atom is -0.492 e. The average molecular weight is 178 g/mol. The van der Waals surface area contributed by atoms with Gasteiger partial charge < -0.3 is 10.1 Å². The zero-order valence-corrected chi connectivity index (χ0v) is 7.57. The van der Waals surface area contributed by atoms with Crippen molar-refractivity contribution in [2.75, 3.05) is 19.7 Å². The second-order valence-corrected chi connectivity index (χ2v) is 3.36. The van der Waals surface area contributed by atoms with Crippen LogP contribution in [0.4, 0.5) is 0 Å². The van der Waals surface area contributed by atoms with Gasteiger partial charge >= 0.3 is 0 Å². The Kier molecular flexibility index (Phi) is 2.77. The number of ether oxygens (including phenoxy) is 1. The maximum atomic E-state index is 5.59. The molecule has 3 nitrogen and oxygen atoms in total. The van der Waals surface area contributed by atoms with E-state index in [1.807, 2.05) is 12.1 Å². The van der Waals surface area contributed by atoms with Crippen molar-refractivity contribution in [1.29, 1.82) is 0 Å². The number of rotatable bonds is 3. The molecule has 0 bridgehead atoms. The maximum Gasteiger partial charge on any atom is 0.137 e. The summed E-state index contributed by atoms with van der Waals surface area (Å²) in [4.78, 5) is 3.99. The molecule has 1 aromatic heterocycles. The van der Waals surface area contributed by atoms with E-state index in [1.54, 1.807) is 12.4 Å². The van der Waals surface area contributed by atoms with Crippen LogP contribution in [0.1, 0.15) is 6.42 Å². The Balaban J connectivity index is 1.79. The van der Waals surface area contributed by atoms with Crippen molar-refractivity contribution in [1.82, 2.24) is 10.3 Å². The average Bonchev–Trinajstić information content (AvgIpc) is 2.69. The topological polar surface area (TPSA) is 34.1 Å². The van der Waals surface area contributed by atoms with E-state index >= 15 is 0 Å². The highest BCUT2D eigenvalue weighted by atomic mass is 16.5. The van der Waals surface area contributed by atoms with Crippen molar-refractivity contribution >= 4 is 0 Å². The SMILES string of the molecule is c1cncc(OC[C@H]2CCNC2)c1. The van der Waals surface area contributed by atoms with E-state index in [4.69, 9.17) is 4.74 Å². The summed E-state index contributed by atoms with van der Waals surface area (Å²) < 4.78 is 5.59. The van der Waals surface area contributed by atoms with Gasteiger partial charge in [0.15, 0.2) is 0 Å². The van der Waals surface area contributed by atoms with E-state index in [-0.39, 0.29) is 0 Å².